The zero-order valence-corrected chi connectivity index (χ0v) is 25.3. The van der Waals surface area contributed by atoms with Crippen LogP contribution in [0.5, 0.6) is 11.5 Å². The molecule has 3 aromatic rings. The van der Waals surface area contributed by atoms with E-state index in [1.54, 1.807) is 13.0 Å². The van der Waals surface area contributed by atoms with Crippen LogP contribution in [0.1, 0.15) is 76.3 Å². The lowest BCUT2D eigenvalue weighted by Crippen LogP contribution is -2.29. The van der Waals surface area contributed by atoms with E-state index in [1.807, 2.05) is 13.0 Å². The van der Waals surface area contributed by atoms with Crippen LogP contribution in [0.15, 0.2) is 42.5 Å². The zero-order valence-electron chi connectivity index (χ0n) is 25.3. The van der Waals surface area contributed by atoms with Gasteiger partial charge in [0.2, 0.25) is 11.6 Å². The highest BCUT2D eigenvalue weighted by molar-refractivity contribution is 5.76. The number of allylic oxidation sites excluding steroid dienone is 2. The first kappa shape index (κ1) is 32.6. The van der Waals surface area contributed by atoms with E-state index in [-0.39, 0.29) is 23.5 Å². The van der Waals surface area contributed by atoms with Crippen molar-refractivity contribution in [2.75, 3.05) is 6.61 Å². The number of hydrogen-bond acceptors (Lipinski definition) is 3. The van der Waals surface area contributed by atoms with Crippen LogP contribution in [0, 0.1) is 52.7 Å². The molecule has 3 nitrogen and oxygen atoms in total. The van der Waals surface area contributed by atoms with Crippen molar-refractivity contribution in [3.8, 4) is 22.6 Å². The second-order valence-corrected chi connectivity index (χ2v) is 11.9. The van der Waals surface area contributed by atoms with Gasteiger partial charge >= 0.3 is 5.97 Å². The summed E-state index contributed by atoms with van der Waals surface area (Å²) in [4.78, 5) is 12.9. The van der Waals surface area contributed by atoms with Gasteiger partial charge in [-0.25, -0.2) is 17.6 Å². The van der Waals surface area contributed by atoms with Gasteiger partial charge in [-0.2, -0.15) is 8.78 Å². The lowest BCUT2D eigenvalue weighted by Gasteiger charge is -2.35. The minimum Gasteiger partial charge on any atom is -0.491 e. The molecule has 0 bridgehead atoms. The fourth-order valence-electron chi connectivity index (χ4n) is 6.67. The molecule has 240 valence electrons. The van der Waals surface area contributed by atoms with Crippen LogP contribution in [0.25, 0.3) is 16.7 Å². The molecule has 9 heteroatoms. The van der Waals surface area contributed by atoms with Crippen LogP contribution in [0.2, 0.25) is 0 Å². The molecule has 1 atom stereocenters. The Hall–Kier alpha value is -3.75. The highest BCUT2D eigenvalue weighted by atomic mass is 19.2. The van der Waals surface area contributed by atoms with Crippen molar-refractivity contribution in [3.05, 3.63) is 88.5 Å². The van der Waals surface area contributed by atoms with E-state index in [4.69, 9.17) is 9.47 Å². The molecule has 0 spiro atoms. The number of ether oxygens (including phenoxy) is 2. The number of rotatable bonds is 9. The quantitative estimate of drug-likeness (QED) is 0.134. The molecule has 2 aliphatic carbocycles. The van der Waals surface area contributed by atoms with Gasteiger partial charge in [-0.3, -0.25) is 4.79 Å². The minimum atomic E-state index is -1.44. The second-order valence-electron chi connectivity index (χ2n) is 11.9. The average molecular weight is 631 g/mol. The Morgan fingerprint density at radius 2 is 1.29 bits per heavy atom. The molecule has 1 fully saturated rings. The summed E-state index contributed by atoms with van der Waals surface area (Å²) in [6.45, 7) is 3.76. The number of halogens is 6. The molecule has 0 aromatic heterocycles. The van der Waals surface area contributed by atoms with E-state index in [9.17, 15) is 31.1 Å². The summed E-state index contributed by atoms with van der Waals surface area (Å²) in [5, 5.41) is 0. The molecular weight excluding hydrogens is 594 g/mol. The summed E-state index contributed by atoms with van der Waals surface area (Å²) in [5.74, 6) is -8.31. The summed E-state index contributed by atoms with van der Waals surface area (Å²) in [7, 11) is 0. The summed E-state index contributed by atoms with van der Waals surface area (Å²) in [6.07, 6.45) is 7.53. The standard InChI is InChI=1S/C36H36F6O3/c1-3-5-23-14-15-26(32(39)30(23)37)27-17-19-29(35(42)33(27)40)45-36(43)24-12-8-21(9-13-24)20-6-10-22(11-7-20)25-16-18-28(44-4-2)34(41)31(25)38/h10,14-21,24H,3-9,11-13H2,1-2H3. The third kappa shape index (κ3) is 6.77. The predicted molar refractivity (Wildman–Crippen MR) is 160 cm³/mol. The van der Waals surface area contributed by atoms with Gasteiger partial charge < -0.3 is 9.47 Å². The molecule has 0 N–H and O–H groups in total. The molecule has 0 aliphatic heterocycles. The largest absolute Gasteiger partial charge is 0.491 e. The molecule has 0 radical (unpaired) electrons. The average Bonchev–Trinajstić information content (AvgIpc) is 3.05. The van der Waals surface area contributed by atoms with E-state index in [1.165, 1.54) is 18.2 Å². The van der Waals surface area contributed by atoms with Gasteiger partial charge in [0.05, 0.1) is 12.5 Å². The lowest BCUT2D eigenvalue weighted by atomic mass is 9.71. The third-order valence-electron chi connectivity index (χ3n) is 9.15. The van der Waals surface area contributed by atoms with Crippen LogP contribution in [0.3, 0.4) is 0 Å². The highest BCUT2D eigenvalue weighted by Gasteiger charge is 2.33. The highest BCUT2D eigenvalue weighted by Crippen LogP contribution is 2.43. The van der Waals surface area contributed by atoms with Gasteiger partial charge in [0.25, 0.3) is 0 Å². The van der Waals surface area contributed by atoms with Crippen LogP contribution in [-0.4, -0.2) is 12.6 Å². The van der Waals surface area contributed by atoms with Gasteiger partial charge in [0, 0.05) is 16.7 Å². The summed E-state index contributed by atoms with van der Waals surface area (Å²) in [6, 6.07) is 7.70. The van der Waals surface area contributed by atoms with Gasteiger partial charge in [0.15, 0.2) is 34.8 Å². The molecule has 0 saturated heterocycles. The van der Waals surface area contributed by atoms with E-state index in [0.29, 0.717) is 50.4 Å². The maximum absolute atomic E-state index is 15.0. The van der Waals surface area contributed by atoms with Crippen molar-refractivity contribution < 1.29 is 40.6 Å². The Labute approximate surface area is 259 Å². The van der Waals surface area contributed by atoms with Crippen molar-refractivity contribution in [1.82, 2.24) is 0 Å². The number of benzene rings is 3. The van der Waals surface area contributed by atoms with Crippen molar-refractivity contribution >= 4 is 11.5 Å². The van der Waals surface area contributed by atoms with Crippen molar-refractivity contribution in [2.24, 2.45) is 17.8 Å². The second kappa shape index (κ2) is 14.1. The van der Waals surface area contributed by atoms with E-state index in [2.05, 4.69) is 0 Å². The fourth-order valence-corrected chi connectivity index (χ4v) is 6.67. The number of aryl methyl sites for hydroxylation is 1. The monoisotopic (exact) mass is 630 g/mol. The van der Waals surface area contributed by atoms with Crippen molar-refractivity contribution in [2.45, 2.75) is 71.6 Å². The Morgan fingerprint density at radius 1 is 0.689 bits per heavy atom. The zero-order chi connectivity index (χ0) is 32.2. The molecular formula is C36H36F6O3. The van der Waals surface area contributed by atoms with Crippen LogP contribution < -0.4 is 9.47 Å². The van der Waals surface area contributed by atoms with Gasteiger partial charge in [-0.1, -0.05) is 31.6 Å². The molecule has 0 heterocycles. The van der Waals surface area contributed by atoms with E-state index in [0.717, 1.165) is 37.0 Å². The number of carbonyl (C=O) groups excluding carboxylic acids is 1. The molecule has 1 unspecified atom stereocenters. The number of esters is 1. The van der Waals surface area contributed by atoms with Crippen LogP contribution in [0.4, 0.5) is 26.3 Å². The Morgan fingerprint density at radius 3 is 1.93 bits per heavy atom. The maximum atomic E-state index is 15.0. The molecule has 1 saturated carbocycles. The minimum absolute atomic E-state index is 0.103. The Balaban J connectivity index is 1.18. The Bertz CT molecular complexity index is 1590. The van der Waals surface area contributed by atoms with Crippen LogP contribution in [-0.2, 0) is 11.2 Å². The number of carbonyl (C=O) groups is 1. The van der Waals surface area contributed by atoms with Crippen LogP contribution >= 0.6 is 0 Å². The van der Waals surface area contributed by atoms with Gasteiger partial charge in [-0.15, -0.1) is 0 Å². The molecule has 3 aromatic carbocycles. The van der Waals surface area contributed by atoms with E-state index >= 15 is 0 Å². The summed E-state index contributed by atoms with van der Waals surface area (Å²) in [5.41, 5.74) is 0.290. The summed E-state index contributed by atoms with van der Waals surface area (Å²) >= 11 is 0. The molecule has 2 aliphatic rings. The molecule has 45 heavy (non-hydrogen) atoms. The normalized spacial score (nSPS) is 20.1. The van der Waals surface area contributed by atoms with E-state index < -0.39 is 63.7 Å². The number of hydrogen-bond donors (Lipinski definition) is 0. The van der Waals surface area contributed by atoms with Gasteiger partial charge in [0.1, 0.15) is 0 Å². The smallest absolute Gasteiger partial charge is 0.314 e. The first-order valence-corrected chi connectivity index (χ1v) is 15.6. The molecule has 5 rings (SSSR count). The van der Waals surface area contributed by atoms with Crippen molar-refractivity contribution in [1.29, 1.82) is 0 Å². The topological polar surface area (TPSA) is 35.5 Å². The molecule has 0 amide bonds. The first-order valence-electron chi connectivity index (χ1n) is 15.6. The SMILES string of the molecule is CCCc1ccc(-c2ccc(OC(=O)C3CCC(C4CC=C(c5ccc(OCC)c(F)c5F)CC4)CC3)c(F)c2F)c(F)c1F. The third-order valence-corrected chi connectivity index (χ3v) is 9.15. The fraction of sp³-hybridized carbons (Fsp3) is 0.417. The predicted octanol–water partition coefficient (Wildman–Crippen LogP) is 10.1. The maximum Gasteiger partial charge on any atom is 0.314 e. The first-order chi connectivity index (χ1) is 21.6. The van der Waals surface area contributed by atoms with Crippen molar-refractivity contribution in [3.63, 3.8) is 0 Å². The van der Waals surface area contributed by atoms with Gasteiger partial charge in [-0.05, 0) is 106 Å². The summed E-state index contributed by atoms with van der Waals surface area (Å²) < 4.78 is 98.5. The lowest BCUT2D eigenvalue weighted by molar-refractivity contribution is -0.140. The Kier molecular flexibility index (Phi) is 10.2.